The van der Waals surface area contributed by atoms with Gasteiger partial charge in [-0.25, -0.2) is 4.39 Å². The lowest BCUT2D eigenvalue weighted by Crippen LogP contribution is -2.35. The Hall–Kier alpha value is -3.19. The average molecular weight is 426 g/mol. The van der Waals surface area contributed by atoms with Crippen molar-refractivity contribution in [2.24, 2.45) is 0 Å². The van der Waals surface area contributed by atoms with Crippen molar-refractivity contribution in [3.63, 3.8) is 0 Å². The average Bonchev–Trinajstić information content (AvgIpc) is 2.98. The van der Waals surface area contributed by atoms with Gasteiger partial charge in [-0.3, -0.25) is 9.59 Å². The van der Waals surface area contributed by atoms with E-state index in [0.717, 1.165) is 11.3 Å². The molecule has 0 bridgehead atoms. The van der Waals surface area contributed by atoms with Crippen LogP contribution in [-0.4, -0.2) is 67.9 Å². The Morgan fingerprint density at radius 3 is 2.26 bits per heavy atom. The second kappa shape index (κ2) is 8.89. The number of hydrogen-bond donors (Lipinski definition) is 1. The Kier molecular flexibility index (Phi) is 6.45. The molecule has 31 heavy (non-hydrogen) atoms. The molecule has 0 spiro atoms. The van der Waals surface area contributed by atoms with Gasteiger partial charge in [-0.1, -0.05) is 12.1 Å². The number of benzene rings is 2. The van der Waals surface area contributed by atoms with Crippen molar-refractivity contribution in [2.75, 3.05) is 46.2 Å². The van der Waals surface area contributed by atoms with E-state index in [-0.39, 0.29) is 11.3 Å². The SMILES string of the molecule is Cc1cc(/C(O)=C2/C(=O)C(=O)N(CCN(C)C)C2c2ccc(N(C)C)cc2)ccc1F. The summed E-state index contributed by atoms with van der Waals surface area (Å²) in [5.74, 6) is -2.09. The van der Waals surface area contributed by atoms with Crippen LogP contribution >= 0.6 is 0 Å². The highest BCUT2D eigenvalue weighted by atomic mass is 19.1. The summed E-state index contributed by atoms with van der Waals surface area (Å²) in [6.45, 7) is 2.48. The third kappa shape index (κ3) is 4.46. The van der Waals surface area contributed by atoms with Crippen molar-refractivity contribution >= 4 is 23.1 Å². The quantitative estimate of drug-likeness (QED) is 0.438. The van der Waals surface area contributed by atoms with Crippen LogP contribution in [0.1, 0.15) is 22.7 Å². The van der Waals surface area contributed by atoms with Gasteiger partial charge in [0.25, 0.3) is 11.7 Å². The van der Waals surface area contributed by atoms with Crippen molar-refractivity contribution < 1.29 is 19.1 Å². The number of halogens is 1. The topological polar surface area (TPSA) is 64.1 Å². The zero-order chi connectivity index (χ0) is 22.9. The van der Waals surface area contributed by atoms with E-state index in [1.54, 1.807) is 6.92 Å². The number of aliphatic hydroxyl groups is 1. The maximum Gasteiger partial charge on any atom is 0.295 e. The van der Waals surface area contributed by atoms with Crippen LogP contribution in [0.2, 0.25) is 0 Å². The summed E-state index contributed by atoms with van der Waals surface area (Å²) in [7, 11) is 7.63. The lowest BCUT2D eigenvalue weighted by Gasteiger charge is -2.27. The molecule has 1 heterocycles. The summed E-state index contributed by atoms with van der Waals surface area (Å²) >= 11 is 0. The molecule has 1 aliphatic rings. The summed E-state index contributed by atoms with van der Waals surface area (Å²) in [4.78, 5) is 31.2. The van der Waals surface area contributed by atoms with E-state index in [2.05, 4.69) is 0 Å². The van der Waals surface area contributed by atoms with Gasteiger partial charge in [-0.05, 0) is 62.5 Å². The van der Waals surface area contributed by atoms with Gasteiger partial charge in [0, 0.05) is 38.4 Å². The van der Waals surface area contributed by atoms with Crippen molar-refractivity contribution in [3.05, 3.63) is 70.5 Å². The van der Waals surface area contributed by atoms with Crippen LogP contribution in [-0.2, 0) is 9.59 Å². The first-order valence-electron chi connectivity index (χ1n) is 10.1. The molecule has 0 saturated carbocycles. The number of amides is 1. The predicted octanol–water partition coefficient (Wildman–Crippen LogP) is 3.18. The molecule has 164 valence electrons. The van der Waals surface area contributed by atoms with Crippen molar-refractivity contribution in [1.29, 1.82) is 0 Å². The minimum atomic E-state index is -0.736. The molecule has 1 amide bonds. The van der Waals surface area contributed by atoms with Gasteiger partial charge in [-0.15, -0.1) is 0 Å². The summed E-state index contributed by atoms with van der Waals surface area (Å²) in [5, 5.41) is 11.0. The molecule has 0 radical (unpaired) electrons. The van der Waals surface area contributed by atoms with Gasteiger partial charge in [-0.2, -0.15) is 0 Å². The number of nitrogens with zero attached hydrogens (tertiary/aromatic N) is 3. The molecule has 1 saturated heterocycles. The van der Waals surface area contributed by atoms with Crippen LogP contribution in [0, 0.1) is 12.7 Å². The molecule has 1 atom stereocenters. The summed E-state index contributed by atoms with van der Waals surface area (Å²) in [6.07, 6.45) is 0. The third-order valence-electron chi connectivity index (χ3n) is 5.48. The number of Topliss-reactive ketones (excluding diaryl/α,β-unsaturated/α-hetero) is 1. The molecule has 3 rings (SSSR count). The molecule has 7 heteroatoms. The fourth-order valence-electron chi connectivity index (χ4n) is 3.67. The Morgan fingerprint density at radius 2 is 1.71 bits per heavy atom. The molecule has 1 unspecified atom stereocenters. The smallest absolute Gasteiger partial charge is 0.295 e. The molecule has 2 aromatic rings. The number of aliphatic hydroxyl groups excluding tert-OH is 1. The van der Waals surface area contributed by atoms with Gasteiger partial charge >= 0.3 is 0 Å². The van der Waals surface area contributed by atoms with Crippen LogP contribution in [0.25, 0.3) is 5.76 Å². The van der Waals surface area contributed by atoms with Crippen molar-refractivity contribution in [1.82, 2.24) is 9.80 Å². The highest BCUT2D eigenvalue weighted by molar-refractivity contribution is 6.46. The van der Waals surface area contributed by atoms with Crippen molar-refractivity contribution in [2.45, 2.75) is 13.0 Å². The number of likely N-dealkylation sites (tertiary alicyclic amines) is 1. The molecule has 1 fully saturated rings. The lowest BCUT2D eigenvalue weighted by atomic mass is 9.94. The highest BCUT2D eigenvalue weighted by Crippen LogP contribution is 2.39. The number of hydrogen-bond acceptors (Lipinski definition) is 5. The molecule has 6 nitrogen and oxygen atoms in total. The van der Waals surface area contributed by atoms with E-state index in [0.29, 0.717) is 24.2 Å². The lowest BCUT2D eigenvalue weighted by molar-refractivity contribution is -0.140. The number of likely N-dealkylation sites (N-methyl/N-ethyl adjacent to an activating group) is 1. The first-order chi connectivity index (χ1) is 14.6. The monoisotopic (exact) mass is 425 g/mol. The molecular formula is C24H28FN3O3. The molecule has 0 aromatic heterocycles. The Labute approximate surface area is 182 Å². The first kappa shape index (κ1) is 22.5. The molecular weight excluding hydrogens is 397 g/mol. The maximum absolute atomic E-state index is 13.7. The van der Waals surface area contributed by atoms with Crippen LogP contribution in [0.5, 0.6) is 0 Å². The predicted molar refractivity (Wildman–Crippen MR) is 119 cm³/mol. The summed E-state index contributed by atoms with van der Waals surface area (Å²) in [6, 6.07) is 10.9. The first-order valence-corrected chi connectivity index (χ1v) is 10.1. The minimum Gasteiger partial charge on any atom is -0.507 e. The molecule has 1 aliphatic heterocycles. The number of anilines is 1. The zero-order valence-electron chi connectivity index (χ0n) is 18.5. The number of aryl methyl sites for hydroxylation is 1. The van der Waals surface area contributed by atoms with E-state index in [4.69, 9.17) is 0 Å². The van der Waals surface area contributed by atoms with E-state index in [1.165, 1.54) is 23.1 Å². The van der Waals surface area contributed by atoms with E-state index >= 15 is 0 Å². The number of carbonyl (C=O) groups is 2. The zero-order valence-corrected chi connectivity index (χ0v) is 18.5. The normalized spacial score (nSPS) is 18.2. The number of carbonyl (C=O) groups excluding carboxylic acids is 2. The van der Waals surface area contributed by atoms with Crippen LogP contribution in [0.4, 0.5) is 10.1 Å². The second-order valence-electron chi connectivity index (χ2n) is 8.25. The number of ketones is 1. The fraction of sp³-hybridized carbons (Fsp3) is 0.333. The minimum absolute atomic E-state index is 0.0207. The third-order valence-corrected chi connectivity index (χ3v) is 5.48. The largest absolute Gasteiger partial charge is 0.507 e. The fourth-order valence-corrected chi connectivity index (χ4v) is 3.67. The Balaban J connectivity index is 2.15. The molecule has 0 aliphatic carbocycles. The van der Waals surface area contributed by atoms with Crippen LogP contribution in [0.15, 0.2) is 48.0 Å². The Bertz CT molecular complexity index is 1030. The maximum atomic E-state index is 13.7. The van der Waals surface area contributed by atoms with Gasteiger partial charge < -0.3 is 19.8 Å². The highest BCUT2D eigenvalue weighted by Gasteiger charge is 2.45. The molecule has 1 N–H and O–H groups in total. The second-order valence-corrected chi connectivity index (χ2v) is 8.25. The molecule has 2 aromatic carbocycles. The summed E-state index contributed by atoms with van der Waals surface area (Å²) < 4.78 is 13.7. The standard InChI is InChI=1S/C24H28FN3O3/c1-15-14-17(8-11-19(15)25)22(29)20-21(16-6-9-18(10-7-16)27(4)5)28(13-12-26(2)3)24(31)23(20)30/h6-11,14,21,29H,12-13H2,1-5H3/b22-20-. The van der Waals surface area contributed by atoms with E-state index < -0.39 is 23.5 Å². The van der Waals surface area contributed by atoms with Gasteiger partial charge in [0.2, 0.25) is 0 Å². The summed E-state index contributed by atoms with van der Waals surface area (Å²) in [5.41, 5.74) is 2.37. The van der Waals surface area contributed by atoms with Crippen LogP contribution < -0.4 is 4.90 Å². The van der Waals surface area contributed by atoms with E-state index in [9.17, 15) is 19.1 Å². The van der Waals surface area contributed by atoms with Gasteiger partial charge in [0.15, 0.2) is 0 Å². The Morgan fingerprint density at radius 1 is 1.06 bits per heavy atom. The van der Waals surface area contributed by atoms with Gasteiger partial charge in [0.1, 0.15) is 11.6 Å². The number of rotatable bonds is 6. The van der Waals surface area contributed by atoms with E-state index in [1.807, 2.05) is 62.3 Å². The van der Waals surface area contributed by atoms with Gasteiger partial charge in [0.05, 0.1) is 11.6 Å². The van der Waals surface area contributed by atoms with Crippen LogP contribution in [0.3, 0.4) is 0 Å². The van der Waals surface area contributed by atoms with Crippen molar-refractivity contribution in [3.8, 4) is 0 Å².